The van der Waals surface area contributed by atoms with Gasteiger partial charge in [0.15, 0.2) is 0 Å². The minimum absolute atomic E-state index is 0.522. The van der Waals surface area contributed by atoms with Crippen LogP contribution in [0.3, 0.4) is 0 Å². The normalized spacial score (nSPS) is 11.0. The van der Waals surface area contributed by atoms with E-state index in [0.717, 1.165) is 18.4 Å². The summed E-state index contributed by atoms with van der Waals surface area (Å²) in [5.74, 6) is 0.648. The summed E-state index contributed by atoms with van der Waals surface area (Å²) in [6.45, 7) is 0.692. The van der Waals surface area contributed by atoms with Crippen LogP contribution in [-0.4, -0.2) is 13.7 Å². The fraction of sp³-hybridized carbons (Fsp3) is 0.333. The first-order valence-corrected chi connectivity index (χ1v) is 5.84. The Morgan fingerprint density at radius 2 is 2.12 bits per heavy atom. The van der Waals surface area contributed by atoms with E-state index in [1.165, 1.54) is 0 Å². The maximum absolute atomic E-state index is 6.01. The van der Waals surface area contributed by atoms with Crippen molar-refractivity contribution in [2.75, 3.05) is 13.7 Å². The van der Waals surface area contributed by atoms with Crippen molar-refractivity contribution in [3.63, 3.8) is 0 Å². The maximum Gasteiger partial charge on any atom is 0.144 e. The number of methoxy groups -OCH3 is 1. The molecule has 0 amide bonds. The van der Waals surface area contributed by atoms with Gasteiger partial charge in [-0.1, -0.05) is 35.4 Å². The van der Waals surface area contributed by atoms with Crippen LogP contribution in [0.4, 0.5) is 0 Å². The van der Waals surface area contributed by atoms with E-state index in [1.54, 1.807) is 13.2 Å². The molecule has 1 rings (SSSR count). The van der Waals surface area contributed by atoms with E-state index in [4.69, 9.17) is 33.7 Å². The summed E-state index contributed by atoms with van der Waals surface area (Å²) in [6.07, 6.45) is 5.89. The van der Waals surface area contributed by atoms with Crippen molar-refractivity contribution in [1.29, 1.82) is 0 Å². The lowest BCUT2D eigenvalue weighted by atomic mass is 10.1. The van der Waals surface area contributed by atoms with Gasteiger partial charge in [0.1, 0.15) is 5.75 Å². The summed E-state index contributed by atoms with van der Waals surface area (Å²) in [4.78, 5) is 0. The zero-order valence-electron chi connectivity index (χ0n) is 9.17. The first-order valence-electron chi connectivity index (χ1n) is 5.08. The minimum atomic E-state index is 0.522. The Balaban J connectivity index is 2.89. The summed E-state index contributed by atoms with van der Waals surface area (Å²) in [7, 11) is 1.59. The van der Waals surface area contributed by atoms with Gasteiger partial charge in [0.05, 0.1) is 12.1 Å². The van der Waals surface area contributed by atoms with Gasteiger partial charge < -0.3 is 10.5 Å². The van der Waals surface area contributed by atoms with Crippen LogP contribution in [0.15, 0.2) is 18.2 Å². The van der Waals surface area contributed by atoms with Gasteiger partial charge in [-0.2, -0.15) is 0 Å². The SMILES string of the molecule is COc1c(Cl)cc(Cl)cc1/C=C/CCCN. The Hall–Kier alpha value is -0.700. The van der Waals surface area contributed by atoms with Crippen molar-refractivity contribution in [3.05, 3.63) is 33.8 Å². The van der Waals surface area contributed by atoms with E-state index in [0.29, 0.717) is 22.3 Å². The highest BCUT2D eigenvalue weighted by molar-refractivity contribution is 6.35. The van der Waals surface area contributed by atoms with E-state index in [1.807, 2.05) is 18.2 Å². The fourth-order valence-electron chi connectivity index (χ4n) is 1.37. The largest absolute Gasteiger partial charge is 0.495 e. The molecule has 0 aromatic heterocycles. The molecule has 2 N–H and O–H groups in total. The Morgan fingerprint density at radius 1 is 1.38 bits per heavy atom. The van der Waals surface area contributed by atoms with Gasteiger partial charge in [-0.05, 0) is 31.5 Å². The number of ether oxygens (including phenoxy) is 1. The molecule has 0 atom stereocenters. The van der Waals surface area contributed by atoms with E-state index < -0.39 is 0 Å². The molecule has 0 saturated carbocycles. The maximum atomic E-state index is 6.01. The lowest BCUT2D eigenvalue weighted by molar-refractivity contribution is 0.414. The van der Waals surface area contributed by atoms with Gasteiger partial charge >= 0.3 is 0 Å². The van der Waals surface area contributed by atoms with Gasteiger partial charge in [0.2, 0.25) is 0 Å². The van der Waals surface area contributed by atoms with Crippen LogP contribution in [0.2, 0.25) is 10.0 Å². The van der Waals surface area contributed by atoms with Crippen molar-refractivity contribution in [3.8, 4) is 5.75 Å². The van der Waals surface area contributed by atoms with Crippen LogP contribution in [0.25, 0.3) is 6.08 Å². The fourth-order valence-corrected chi connectivity index (χ4v) is 1.95. The summed E-state index contributed by atoms with van der Waals surface area (Å²) >= 11 is 11.9. The molecule has 88 valence electrons. The molecule has 0 heterocycles. The zero-order chi connectivity index (χ0) is 12.0. The van der Waals surface area contributed by atoms with Gasteiger partial charge in [0, 0.05) is 10.6 Å². The average molecular weight is 260 g/mol. The molecule has 0 saturated heterocycles. The van der Waals surface area contributed by atoms with E-state index >= 15 is 0 Å². The lowest BCUT2D eigenvalue weighted by Crippen LogP contribution is -1.96. The summed E-state index contributed by atoms with van der Waals surface area (Å²) < 4.78 is 5.22. The summed E-state index contributed by atoms with van der Waals surface area (Å²) in [6, 6.07) is 3.49. The van der Waals surface area contributed by atoms with Crippen molar-refractivity contribution < 1.29 is 4.74 Å². The molecule has 1 aromatic rings. The molecular formula is C12H15Cl2NO. The van der Waals surface area contributed by atoms with E-state index in [9.17, 15) is 0 Å². The van der Waals surface area contributed by atoms with Crippen LogP contribution in [-0.2, 0) is 0 Å². The van der Waals surface area contributed by atoms with Crippen LogP contribution < -0.4 is 10.5 Å². The second-order valence-corrected chi connectivity index (χ2v) is 4.19. The highest BCUT2D eigenvalue weighted by Gasteiger charge is 2.06. The molecule has 0 radical (unpaired) electrons. The molecule has 0 fully saturated rings. The number of unbranched alkanes of at least 4 members (excludes halogenated alkanes) is 1. The highest BCUT2D eigenvalue weighted by atomic mass is 35.5. The zero-order valence-corrected chi connectivity index (χ0v) is 10.7. The quantitative estimate of drug-likeness (QED) is 0.818. The van der Waals surface area contributed by atoms with E-state index in [-0.39, 0.29) is 0 Å². The van der Waals surface area contributed by atoms with Crippen LogP contribution in [0.1, 0.15) is 18.4 Å². The summed E-state index contributed by atoms with van der Waals surface area (Å²) in [5.41, 5.74) is 6.30. The van der Waals surface area contributed by atoms with Crippen LogP contribution in [0, 0.1) is 0 Å². The lowest BCUT2D eigenvalue weighted by Gasteiger charge is -2.07. The van der Waals surface area contributed by atoms with Crippen molar-refractivity contribution in [2.24, 2.45) is 5.73 Å². The Morgan fingerprint density at radius 3 is 2.75 bits per heavy atom. The second kappa shape index (κ2) is 6.79. The van der Waals surface area contributed by atoms with Crippen molar-refractivity contribution >= 4 is 29.3 Å². The Labute approximate surface area is 106 Å². The molecule has 0 bridgehead atoms. The van der Waals surface area contributed by atoms with Gasteiger partial charge in [-0.25, -0.2) is 0 Å². The van der Waals surface area contributed by atoms with Gasteiger partial charge in [-0.3, -0.25) is 0 Å². The van der Waals surface area contributed by atoms with Gasteiger partial charge in [-0.15, -0.1) is 0 Å². The second-order valence-electron chi connectivity index (χ2n) is 3.34. The smallest absolute Gasteiger partial charge is 0.144 e. The van der Waals surface area contributed by atoms with Crippen molar-refractivity contribution in [2.45, 2.75) is 12.8 Å². The van der Waals surface area contributed by atoms with E-state index in [2.05, 4.69) is 0 Å². The standard InChI is InChI=1S/C12H15Cl2NO/c1-16-12-9(5-3-2-4-6-15)7-10(13)8-11(12)14/h3,5,7-8H,2,4,6,15H2,1H3/b5-3+. The number of halogens is 2. The molecule has 0 unspecified atom stereocenters. The molecule has 16 heavy (non-hydrogen) atoms. The molecule has 0 aliphatic carbocycles. The number of benzene rings is 1. The molecule has 0 aliphatic heterocycles. The number of hydrogen-bond donors (Lipinski definition) is 1. The molecule has 0 spiro atoms. The average Bonchev–Trinajstić information content (AvgIpc) is 2.24. The third-order valence-electron chi connectivity index (χ3n) is 2.11. The topological polar surface area (TPSA) is 35.2 Å². The van der Waals surface area contributed by atoms with Gasteiger partial charge in [0.25, 0.3) is 0 Å². The number of allylic oxidation sites excluding steroid dienone is 1. The third kappa shape index (κ3) is 3.71. The minimum Gasteiger partial charge on any atom is -0.495 e. The number of rotatable bonds is 5. The Kier molecular flexibility index (Phi) is 5.67. The molecule has 0 aliphatic rings. The summed E-state index contributed by atoms with van der Waals surface area (Å²) in [5, 5.41) is 1.12. The Bertz CT molecular complexity index is 378. The first kappa shape index (κ1) is 13.4. The van der Waals surface area contributed by atoms with Crippen LogP contribution >= 0.6 is 23.2 Å². The van der Waals surface area contributed by atoms with Crippen molar-refractivity contribution in [1.82, 2.24) is 0 Å². The molecular weight excluding hydrogens is 245 g/mol. The molecule has 4 heteroatoms. The molecule has 1 aromatic carbocycles. The molecule has 2 nitrogen and oxygen atoms in total. The highest BCUT2D eigenvalue weighted by Crippen LogP contribution is 2.32. The predicted octanol–water partition coefficient (Wildman–Crippen LogP) is 3.75. The first-order chi connectivity index (χ1) is 7.69. The monoisotopic (exact) mass is 259 g/mol. The predicted molar refractivity (Wildman–Crippen MR) is 70.3 cm³/mol. The van der Waals surface area contributed by atoms with Crippen LogP contribution in [0.5, 0.6) is 5.75 Å². The number of nitrogens with two attached hydrogens (primary N) is 1. The number of hydrogen-bond acceptors (Lipinski definition) is 2. The third-order valence-corrected chi connectivity index (χ3v) is 2.61.